The van der Waals surface area contributed by atoms with E-state index in [4.69, 9.17) is 9.47 Å². The molecule has 2 aromatic heterocycles. The lowest BCUT2D eigenvalue weighted by atomic mass is 10.1. The number of nitrogens with one attached hydrogen (secondary N) is 1. The molecule has 0 fully saturated rings. The highest BCUT2D eigenvalue weighted by Crippen LogP contribution is 2.35. The van der Waals surface area contributed by atoms with Crippen LogP contribution in [0, 0.1) is 0 Å². The number of amides is 1. The van der Waals surface area contributed by atoms with Gasteiger partial charge >= 0.3 is 0 Å². The Bertz CT molecular complexity index is 1300. The van der Waals surface area contributed by atoms with Crippen molar-refractivity contribution in [1.82, 2.24) is 10.2 Å². The van der Waals surface area contributed by atoms with Crippen molar-refractivity contribution in [3.63, 3.8) is 0 Å². The fourth-order valence-electron chi connectivity index (χ4n) is 3.63. The molecule has 0 atom stereocenters. The summed E-state index contributed by atoms with van der Waals surface area (Å²) in [5.41, 5.74) is 0.986. The van der Waals surface area contributed by atoms with Crippen LogP contribution in [0.2, 0.25) is 0 Å². The second-order valence-corrected chi connectivity index (χ2v) is 8.14. The molecule has 31 heavy (non-hydrogen) atoms. The Balaban J connectivity index is 1.50. The van der Waals surface area contributed by atoms with Crippen LogP contribution in [-0.4, -0.2) is 29.3 Å². The maximum Gasteiger partial charge on any atom is 0.272 e. The summed E-state index contributed by atoms with van der Waals surface area (Å²) in [5, 5.41) is 9.85. The molecular formula is C23H19N3O4S. The standard InChI is InChI=1S/C23H19N3O4S/c27-22(13-19-17-5-1-2-6-18(17)23(28)25-24-19)26(14-16-4-3-11-31-16)15-7-8-20-21(12-15)30-10-9-29-20/h1-8,11-12H,9-10,13-14H2,(H,25,28). The van der Waals surface area contributed by atoms with E-state index in [-0.39, 0.29) is 17.9 Å². The number of aromatic amines is 1. The molecular weight excluding hydrogens is 414 g/mol. The average molecular weight is 433 g/mol. The second kappa shape index (κ2) is 8.23. The number of hydrogen-bond acceptors (Lipinski definition) is 6. The molecule has 2 aromatic carbocycles. The predicted molar refractivity (Wildman–Crippen MR) is 119 cm³/mol. The third-order valence-corrected chi connectivity index (χ3v) is 5.99. The summed E-state index contributed by atoms with van der Waals surface area (Å²) < 4.78 is 11.3. The van der Waals surface area contributed by atoms with Gasteiger partial charge in [-0.05, 0) is 29.6 Å². The highest BCUT2D eigenvalue weighted by atomic mass is 32.1. The first-order valence-corrected chi connectivity index (χ1v) is 10.8. The Labute approximate surface area is 181 Å². The van der Waals surface area contributed by atoms with E-state index in [1.54, 1.807) is 28.4 Å². The number of hydrogen-bond donors (Lipinski definition) is 1. The molecule has 0 unspecified atom stereocenters. The van der Waals surface area contributed by atoms with Gasteiger partial charge in [0.1, 0.15) is 13.2 Å². The van der Waals surface area contributed by atoms with Crippen LogP contribution < -0.4 is 19.9 Å². The largest absolute Gasteiger partial charge is 0.486 e. The number of benzene rings is 2. The lowest BCUT2D eigenvalue weighted by Gasteiger charge is -2.25. The zero-order valence-electron chi connectivity index (χ0n) is 16.5. The number of aromatic nitrogens is 2. The Morgan fingerprint density at radius 1 is 1.03 bits per heavy atom. The molecule has 1 N–H and O–H groups in total. The van der Waals surface area contributed by atoms with Gasteiger partial charge in [-0.3, -0.25) is 9.59 Å². The lowest BCUT2D eigenvalue weighted by Crippen LogP contribution is -2.32. The molecule has 156 valence electrons. The molecule has 7 nitrogen and oxygen atoms in total. The molecule has 1 aliphatic rings. The Kier molecular flexibility index (Phi) is 5.13. The minimum atomic E-state index is -0.269. The number of fused-ring (bicyclic) bond motifs is 2. The first-order chi connectivity index (χ1) is 15.2. The first-order valence-electron chi connectivity index (χ1n) is 9.88. The number of carbonyl (C=O) groups is 1. The van der Waals surface area contributed by atoms with Crippen LogP contribution >= 0.6 is 11.3 Å². The van der Waals surface area contributed by atoms with Crippen LogP contribution in [0.25, 0.3) is 10.8 Å². The fourth-order valence-corrected chi connectivity index (χ4v) is 4.32. The van der Waals surface area contributed by atoms with Gasteiger partial charge < -0.3 is 14.4 Å². The van der Waals surface area contributed by atoms with Crippen molar-refractivity contribution in [1.29, 1.82) is 0 Å². The minimum absolute atomic E-state index is 0.0527. The first kappa shape index (κ1) is 19.3. The summed E-state index contributed by atoms with van der Waals surface area (Å²) in [7, 11) is 0. The van der Waals surface area contributed by atoms with E-state index in [9.17, 15) is 9.59 Å². The normalized spacial score (nSPS) is 12.6. The third-order valence-electron chi connectivity index (χ3n) is 5.13. The van der Waals surface area contributed by atoms with Crippen molar-refractivity contribution >= 4 is 33.7 Å². The van der Waals surface area contributed by atoms with Gasteiger partial charge in [-0.1, -0.05) is 24.3 Å². The van der Waals surface area contributed by atoms with Gasteiger partial charge in [-0.15, -0.1) is 11.3 Å². The maximum atomic E-state index is 13.5. The lowest BCUT2D eigenvalue weighted by molar-refractivity contribution is -0.118. The van der Waals surface area contributed by atoms with E-state index in [0.29, 0.717) is 47.7 Å². The van der Waals surface area contributed by atoms with Gasteiger partial charge in [0.25, 0.3) is 5.56 Å². The van der Waals surface area contributed by atoms with Gasteiger partial charge in [0, 0.05) is 22.0 Å². The van der Waals surface area contributed by atoms with Crippen LogP contribution in [0.4, 0.5) is 5.69 Å². The molecule has 5 rings (SSSR count). The van der Waals surface area contributed by atoms with Gasteiger partial charge in [-0.25, -0.2) is 5.10 Å². The van der Waals surface area contributed by atoms with Gasteiger partial charge in [0.05, 0.1) is 24.0 Å². The molecule has 0 saturated heterocycles. The molecule has 0 bridgehead atoms. The monoisotopic (exact) mass is 433 g/mol. The van der Waals surface area contributed by atoms with E-state index in [1.165, 1.54) is 0 Å². The zero-order chi connectivity index (χ0) is 21.2. The van der Waals surface area contributed by atoms with Crippen molar-refractivity contribution in [3.05, 3.63) is 80.9 Å². The molecule has 0 aliphatic carbocycles. The van der Waals surface area contributed by atoms with Gasteiger partial charge in [0.2, 0.25) is 5.91 Å². The quantitative estimate of drug-likeness (QED) is 0.521. The summed E-state index contributed by atoms with van der Waals surface area (Å²) in [6, 6.07) is 16.6. The van der Waals surface area contributed by atoms with Crippen molar-refractivity contribution in [3.8, 4) is 11.5 Å². The summed E-state index contributed by atoms with van der Waals surface area (Å²) >= 11 is 1.59. The van der Waals surface area contributed by atoms with Crippen LogP contribution in [0.3, 0.4) is 0 Å². The number of ether oxygens (including phenoxy) is 2. The zero-order valence-corrected chi connectivity index (χ0v) is 17.4. The maximum absolute atomic E-state index is 13.5. The molecule has 3 heterocycles. The Morgan fingerprint density at radius 3 is 2.65 bits per heavy atom. The number of anilines is 1. The summed E-state index contributed by atoms with van der Waals surface area (Å²) in [5.74, 6) is 1.17. The molecule has 0 radical (unpaired) electrons. The summed E-state index contributed by atoms with van der Waals surface area (Å²) in [6.45, 7) is 1.41. The second-order valence-electron chi connectivity index (χ2n) is 7.11. The van der Waals surface area contributed by atoms with E-state index < -0.39 is 0 Å². The topological polar surface area (TPSA) is 84.5 Å². The molecule has 0 saturated carbocycles. The average Bonchev–Trinajstić information content (AvgIpc) is 3.32. The molecule has 8 heteroatoms. The van der Waals surface area contributed by atoms with Crippen molar-refractivity contribution < 1.29 is 14.3 Å². The SMILES string of the molecule is O=C(Cc1n[nH]c(=O)c2ccccc12)N(Cc1cccs1)c1ccc2c(c1)OCCO2. The van der Waals surface area contributed by atoms with E-state index in [1.807, 2.05) is 47.8 Å². The van der Waals surface area contributed by atoms with E-state index in [0.717, 1.165) is 10.6 Å². The highest BCUT2D eigenvalue weighted by molar-refractivity contribution is 7.09. The fraction of sp³-hybridized carbons (Fsp3) is 0.174. The van der Waals surface area contributed by atoms with E-state index >= 15 is 0 Å². The van der Waals surface area contributed by atoms with Crippen LogP contribution in [-0.2, 0) is 17.8 Å². The van der Waals surface area contributed by atoms with Crippen molar-refractivity contribution in [2.24, 2.45) is 0 Å². The molecule has 1 amide bonds. The van der Waals surface area contributed by atoms with Crippen LogP contribution in [0.1, 0.15) is 10.6 Å². The highest BCUT2D eigenvalue weighted by Gasteiger charge is 2.22. The van der Waals surface area contributed by atoms with Crippen LogP contribution in [0.15, 0.2) is 64.8 Å². The van der Waals surface area contributed by atoms with Crippen molar-refractivity contribution in [2.75, 3.05) is 18.1 Å². The smallest absolute Gasteiger partial charge is 0.272 e. The molecule has 1 aliphatic heterocycles. The molecule has 4 aromatic rings. The third kappa shape index (κ3) is 3.89. The van der Waals surface area contributed by atoms with Gasteiger partial charge in [-0.2, -0.15) is 5.10 Å². The number of thiophene rings is 1. The Hall–Kier alpha value is -3.65. The predicted octanol–water partition coefficient (Wildman–Crippen LogP) is 3.53. The summed E-state index contributed by atoms with van der Waals surface area (Å²) in [4.78, 5) is 28.3. The minimum Gasteiger partial charge on any atom is -0.486 e. The number of rotatable bonds is 5. The molecule has 0 spiro atoms. The number of carbonyl (C=O) groups excluding carboxylic acids is 1. The summed E-state index contributed by atoms with van der Waals surface area (Å²) in [6.07, 6.45) is 0.0527. The number of H-pyrrole nitrogens is 1. The van der Waals surface area contributed by atoms with Crippen molar-refractivity contribution in [2.45, 2.75) is 13.0 Å². The van der Waals surface area contributed by atoms with Crippen LogP contribution in [0.5, 0.6) is 11.5 Å². The number of nitrogens with zero attached hydrogens (tertiary/aromatic N) is 2. The van der Waals surface area contributed by atoms with Gasteiger partial charge in [0.15, 0.2) is 11.5 Å². The van der Waals surface area contributed by atoms with E-state index in [2.05, 4.69) is 10.2 Å². The Morgan fingerprint density at radius 2 is 1.84 bits per heavy atom.